The van der Waals surface area contributed by atoms with Crippen molar-refractivity contribution >= 4 is 29.0 Å². The van der Waals surface area contributed by atoms with Crippen molar-refractivity contribution in [2.24, 2.45) is 0 Å². The lowest BCUT2D eigenvalue weighted by Gasteiger charge is -2.11. The Morgan fingerprint density at radius 3 is 2.57 bits per heavy atom. The molecular weight excluding hydrogens is 381 g/mol. The number of hydrogen-bond acceptors (Lipinski definition) is 5. The van der Waals surface area contributed by atoms with Crippen LogP contribution in [0.4, 0.5) is 9.18 Å². The van der Waals surface area contributed by atoms with Crippen LogP contribution in [-0.4, -0.2) is 29.7 Å². The summed E-state index contributed by atoms with van der Waals surface area (Å²) in [5, 5.41) is -0.317. The Labute approximate surface area is 166 Å². The Hall–Kier alpha value is -3.06. The number of nitrogens with zero attached hydrogens (tertiary/aromatic N) is 1. The zero-order chi connectivity index (χ0) is 20.1. The zero-order valence-electron chi connectivity index (χ0n) is 15.2. The number of hydrogen-bond donors (Lipinski definition) is 0. The molecule has 1 aliphatic rings. The third-order valence-corrected chi connectivity index (χ3v) is 4.89. The van der Waals surface area contributed by atoms with Crippen LogP contribution in [0.1, 0.15) is 11.1 Å². The Morgan fingerprint density at radius 1 is 1.14 bits per heavy atom. The van der Waals surface area contributed by atoms with Gasteiger partial charge in [0.1, 0.15) is 12.4 Å². The van der Waals surface area contributed by atoms with E-state index in [1.165, 1.54) is 25.3 Å². The number of carbonyl (C=O) groups excluding carboxylic acids is 2. The predicted octanol–water partition coefficient (Wildman–Crippen LogP) is 4.64. The van der Waals surface area contributed by atoms with Crippen LogP contribution in [0.15, 0.2) is 60.0 Å². The van der Waals surface area contributed by atoms with Crippen LogP contribution in [0.3, 0.4) is 0 Å². The lowest BCUT2D eigenvalue weighted by molar-refractivity contribution is -0.122. The average Bonchev–Trinajstić information content (AvgIpc) is 2.96. The summed E-state index contributed by atoms with van der Waals surface area (Å²) in [6.07, 6.45) is 3.15. The van der Waals surface area contributed by atoms with E-state index in [1.54, 1.807) is 36.4 Å². The molecule has 0 radical (unpaired) electrons. The largest absolute Gasteiger partial charge is 0.493 e. The smallest absolute Gasteiger partial charge is 0.293 e. The van der Waals surface area contributed by atoms with Gasteiger partial charge in [-0.3, -0.25) is 14.5 Å². The lowest BCUT2D eigenvalue weighted by Crippen LogP contribution is -2.27. The van der Waals surface area contributed by atoms with Crippen LogP contribution >= 0.6 is 11.8 Å². The van der Waals surface area contributed by atoms with Crippen molar-refractivity contribution in [2.75, 3.05) is 13.7 Å². The molecule has 2 amide bonds. The Bertz CT molecular complexity index is 940. The van der Waals surface area contributed by atoms with Crippen LogP contribution in [0.25, 0.3) is 6.08 Å². The normalized spacial score (nSPS) is 15.2. The number of amides is 2. The van der Waals surface area contributed by atoms with Gasteiger partial charge in [-0.05, 0) is 53.2 Å². The number of methoxy groups -OCH3 is 1. The lowest BCUT2D eigenvalue weighted by atomic mass is 10.1. The number of halogens is 1. The summed E-state index contributed by atoms with van der Waals surface area (Å²) in [5.74, 6) is 0.360. The molecule has 0 saturated carbocycles. The van der Waals surface area contributed by atoms with Crippen LogP contribution in [-0.2, 0) is 11.4 Å². The highest BCUT2D eigenvalue weighted by atomic mass is 32.2. The summed E-state index contributed by atoms with van der Waals surface area (Å²) in [5.41, 5.74) is 1.53. The van der Waals surface area contributed by atoms with Crippen LogP contribution in [0.5, 0.6) is 11.5 Å². The molecule has 0 aliphatic carbocycles. The summed E-state index contributed by atoms with van der Waals surface area (Å²) in [4.78, 5) is 25.7. The Kier molecular flexibility index (Phi) is 6.16. The number of rotatable bonds is 7. The van der Waals surface area contributed by atoms with Gasteiger partial charge in [0.25, 0.3) is 11.1 Å². The first kappa shape index (κ1) is 19.7. The van der Waals surface area contributed by atoms with Crippen molar-refractivity contribution in [3.63, 3.8) is 0 Å². The van der Waals surface area contributed by atoms with E-state index in [1.807, 2.05) is 0 Å². The first-order valence-corrected chi connectivity index (χ1v) is 9.25. The molecule has 0 unspecified atom stereocenters. The maximum absolute atomic E-state index is 13.0. The minimum absolute atomic E-state index is 0.182. The Balaban J connectivity index is 1.76. The van der Waals surface area contributed by atoms with Crippen molar-refractivity contribution in [1.29, 1.82) is 0 Å². The summed E-state index contributed by atoms with van der Waals surface area (Å²) < 4.78 is 24.1. The van der Waals surface area contributed by atoms with Crippen LogP contribution in [0, 0.1) is 5.82 Å². The van der Waals surface area contributed by atoms with Crippen molar-refractivity contribution in [3.05, 3.63) is 77.0 Å². The van der Waals surface area contributed by atoms with E-state index in [4.69, 9.17) is 9.47 Å². The molecule has 1 saturated heterocycles. The molecule has 0 bridgehead atoms. The number of imide groups is 1. The molecule has 1 heterocycles. The topological polar surface area (TPSA) is 55.8 Å². The highest BCUT2D eigenvalue weighted by Crippen LogP contribution is 2.34. The van der Waals surface area contributed by atoms with E-state index >= 15 is 0 Å². The number of ether oxygens (including phenoxy) is 2. The fourth-order valence-electron chi connectivity index (χ4n) is 2.57. The number of benzene rings is 2. The number of thioether (sulfide) groups is 1. The minimum atomic E-state index is -0.342. The van der Waals surface area contributed by atoms with Crippen molar-refractivity contribution in [3.8, 4) is 11.5 Å². The highest BCUT2D eigenvalue weighted by Gasteiger charge is 2.34. The summed E-state index contributed by atoms with van der Waals surface area (Å²) >= 11 is 0.891. The first-order chi connectivity index (χ1) is 13.5. The third-order valence-electron chi connectivity index (χ3n) is 3.98. The second-order valence-electron chi connectivity index (χ2n) is 5.91. The van der Waals surface area contributed by atoms with E-state index < -0.39 is 0 Å². The maximum Gasteiger partial charge on any atom is 0.293 e. The SMILES string of the molecule is C=CCN1C(=O)S/C(=C/c2ccc(OCc3ccc(F)cc3)c(OC)c2)C1=O. The second-order valence-corrected chi connectivity index (χ2v) is 6.90. The van der Waals surface area contributed by atoms with E-state index in [0.717, 1.165) is 22.2 Å². The maximum atomic E-state index is 13.0. The molecule has 7 heteroatoms. The second kappa shape index (κ2) is 8.75. The molecular formula is C21H18FNO4S. The molecule has 1 fully saturated rings. The van der Waals surface area contributed by atoms with Gasteiger partial charge in [-0.25, -0.2) is 4.39 Å². The van der Waals surface area contributed by atoms with Gasteiger partial charge in [0.05, 0.1) is 12.0 Å². The van der Waals surface area contributed by atoms with Crippen molar-refractivity contribution in [1.82, 2.24) is 4.90 Å². The standard InChI is InChI=1S/C21H18FNO4S/c1-3-10-23-20(24)19(28-21(23)25)12-15-6-9-17(18(11-15)26-2)27-13-14-4-7-16(22)8-5-14/h3-9,11-12H,1,10,13H2,2H3/b19-12+. The molecule has 144 valence electrons. The van der Waals surface area contributed by atoms with Crippen molar-refractivity contribution < 1.29 is 23.5 Å². The van der Waals surface area contributed by atoms with Gasteiger partial charge >= 0.3 is 0 Å². The van der Waals surface area contributed by atoms with Crippen molar-refractivity contribution in [2.45, 2.75) is 6.61 Å². The molecule has 0 atom stereocenters. The van der Waals surface area contributed by atoms with E-state index in [9.17, 15) is 14.0 Å². The molecule has 3 rings (SSSR count). The van der Waals surface area contributed by atoms with Gasteiger partial charge in [-0.2, -0.15) is 0 Å². The molecule has 1 aliphatic heterocycles. The fourth-order valence-corrected chi connectivity index (χ4v) is 3.42. The monoisotopic (exact) mass is 399 g/mol. The fraction of sp³-hybridized carbons (Fsp3) is 0.143. The third kappa shape index (κ3) is 4.43. The van der Waals surface area contributed by atoms with E-state index in [0.29, 0.717) is 22.0 Å². The summed E-state index contributed by atoms with van der Waals surface area (Å²) in [6, 6.07) is 11.3. The molecule has 5 nitrogen and oxygen atoms in total. The molecule has 0 aromatic heterocycles. The molecule has 0 N–H and O–H groups in total. The quantitative estimate of drug-likeness (QED) is 0.502. The Morgan fingerprint density at radius 2 is 1.89 bits per heavy atom. The van der Waals surface area contributed by atoms with Gasteiger partial charge in [-0.15, -0.1) is 6.58 Å². The van der Waals surface area contributed by atoms with E-state index in [2.05, 4.69) is 6.58 Å². The highest BCUT2D eigenvalue weighted by molar-refractivity contribution is 8.18. The van der Waals surface area contributed by atoms with Gasteiger partial charge in [-0.1, -0.05) is 24.3 Å². The van der Waals surface area contributed by atoms with Gasteiger partial charge in [0, 0.05) is 6.54 Å². The van der Waals surface area contributed by atoms with Gasteiger partial charge in [0.15, 0.2) is 11.5 Å². The zero-order valence-corrected chi connectivity index (χ0v) is 16.0. The average molecular weight is 399 g/mol. The summed E-state index contributed by atoms with van der Waals surface area (Å²) in [7, 11) is 1.52. The predicted molar refractivity (Wildman–Crippen MR) is 107 cm³/mol. The van der Waals surface area contributed by atoms with E-state index in [-0.39, 0.29) is 30.1 Å². The molecule has 2 aromatic carbocycles. The minimum Gasteiger partial charge on any atom is -0.493 e. The van der Waals surface area contributed by atoms with Gasteiger partial charge < -0.3 is 9.47 Å². The van der Waals surface area contributed by atoms with Gasteiger partial charge in [0.2, 0.25) is 0 Å². The van der Waals surface area contributed by atoms with Crippen LogP contribution in [0.2, 0.25) is 0 Å². The van der Waals surface area contributed by atoms with Crippen LogP contribution < -0.4 is 9.47 Å². The summed E-state index contributed by atoms with van der Waals surface area (Å²) in [6.45, 7) is 4.00. The molecule has 28 heavy (non-hydrogen) atoms. The molecule has 2 aromatic rings. The first-order valence-electron chi connectivity index (χ1n) is 8.43. The number of carbonyl (C=O) groups is 2. The molecule has 0 spiro atoms.